The molecule has 0 saturated heterocycles. The van der Waals surface area contributed by atoms with Crippen LogP contribution in [0, 0.1) is 11.8 Å². The van der Waals surface area contributed by atoms with E-state index in [-0.39, 0.29) is 12.4 Å². The van der Waals surface area contributed by atoms with Crippen molar-refractivity contribution in [2.24, 2.45) is 0 Å². The van der Waals surface area contributed by atoms with Gasteiger partial charge in [-0.05, 0) is 54.0 Å². The van der Waals surface area contributed by atoms with Crippen LogP contribution in [0.25, 0.3) is 6.08 Å². The monoisotopic (exact) mass is 459 g/mol. The molecule has 0 aliphatic carbocycles. The summed E-state index contributed by atoms with van der Waals surface area (Å²) in [6.07, 6.45) is 3.28. The van der Waals surface area contributed by atoms with Crippen LogP contribution < -0.4 is 10.1 Å². The highest BCUT2D eigenvalue weighted by atomic mass is 31.2. The normalized spacial score (nSPS) is 11.8. The van der Waals surface area contributed by atoms with Gasteiger partial charge in [-0.25, -0.2) is 0 Å². The average Bonchev–Trinajstić information content (AvgIpc) is 2.82. The largest absolute Gasteiger partial charge is 0.481 e. The molecule has 0 spiro atoms. The van der Waals surface area contributed by atoms with Gasteiger partial charge in [0.15, 0.2) is 14.2 Å². The summed E-state index contributed by atoms with van der Waals surface area (Å²) in [5, 5.41) is 3.21. The zero-order valence-electron chi connectivity index (χ0n) is 18.3. The lowest BCUT2D eigenvalue weighted by atomic mass is 10.1. The first kappa shape index (κ1) is 24.4. The first-order valence-corrected chi connectivity index (χ1v) is 11.8. The van der Waals surface area contributed by atoms with Crippen molar-refractivity contribution in [3.05, 3.63) is 107 Å². The fraction of sp³-hybridized carbons (Fsp3) is 0.148. The molecule has 3 rings (SSSR count). The van der Waals surface area contributed by atoms with Crippen LogP contribution >= 0.6 is 8.38 Å². The summed E-state index contributed by atoms with van der Waals surface area (Å²) in [4.78, 5) is 31.0. The Balaban J connectivity index is 1.61. The molecule has 0 radical (unpaired) electrons. The highest BCUT2D eigenvalue weighted by molar-refractivity contribution is 7.45. The number of carbonyl (C=O) groups is 1. The molecule has 0 amide bonds. The zero-order valence-corrected chi connectivity index (χ0v) is 19.2. The molecule has 33 heavy (non-hydrogen) atoms. The summed E-state index contributed by atoms with van der Waals surface area (Å²) in [5.41, 5.74) is 3.53. The second-order valence-electron chi connectivity index (χ2n) is 7.32. The number of nitrogens with one attached hydrogen (secondary N) is 1. The average molecular weight is 459 g/mol. The fourth-order valence-electron chi connectivity index (χ4n) is 3.11. The molecule has 6 heteroatoms. The van der Waals surface area contributed by atoms with E-state index in [0.29, 0.717) is 12.3 Å². The number of carbonyl (C=O) groups excluding carboxylic acids is 1. The minimum Gasteiger partial charge on any atom is -0.481 e. The Morgan fingerprint density at radius 2 is 1.85 bits per heavy atom. The molecule has 3 aromatic rings. The zero-order chi connectivity index (χ0) is 23.5. The maximum Gasteiger partial charge on any atom is 0.188 e. The Bertz CT molecular complexity index is 1150. The van der Waals surface area contributed by atoms with Gasteiger partial charge in [0.2, 0.25) is 0 Å². The number of allylic oxidation sites excluding steroid dienone is 1. The van der Waals surface area contributed by atoms with Crippen LogP contribution in [0.4, 0.5) is 0 Å². The molecular weight excluding hydrogens is 433 g/mol. The number of hydrogen-bond donors (Lipinski definition) is 3. The van der Waals surface area contributed by atoms with E-state index in [1.807, 2.05) is 72.8 Å². The van der Waals surface area contributed by atoms with Crippen molar-refractivity contribution in [3.63, 3.8) is 0 Å². The SMILES string of the molecule is CC(=O)/C=C\c1cccc(C#CCOc2cccc(C(NCc3ccccc3)P(O)O)c2)c1. The topological polar surface area (TPSA) is 78.8 Å². The molecule has 0 bridgehead atoms. The molecule has 0 heterocycles. The second-order valence-corrected chi connectivity index (χ2v) is 8.48. The summed E-state index contributed by atoms with van der Waals surface area (Å²) < 4.78 is 5.75. The van der Waals surface area contributed by atoms with Crippen LogP contribution in [-0.2, 0) is 11.3 Å². The van der Waals surface area contributed by atoms with Gasteiger partial charge < -0.3 is 14.5 Å². The van der Waals surface area contributed by atoms with Crippen LogP contribution in [0.5, 0.6) is 5.75 Å². The second kappa shape index (κ2) is 12.7. The Hall–Kier alpha value is -3.26. The maximum absolute atomic E-state index is 11.1. The molecule has 0 saturated carbocycles. The highest BCUT2D eigenvalue weighted by Gasteiger charge is 2.20. The third-order valence-electron chi connectivity index (χ3n) is 4.69. The highest BCUT2D eigenvalue weighted by Crippen LogP contribution is 2.42. The van der Waals surface area contributed by atoms with Gasteiger partial charge in [-0.3, -0.25) is 10.1 Å². The molecule has 168 valence electrons. The third kappa shape index (κ3) is 8.31. The van der Waals surface area contributed by atoms with Crippen molar-refractivity contribution in [2.45, 2.75) is 19.3 Å². The number of ether oxygens (including phenoxy) is 1. The van der Waals surface area contributed by atoms with Crippen molar-refractivity contribution >= 4 is 20.2 Å². The van der Waals surface area contributed by atoms with Gasteiger partial charge in [-0.2, -0.15) is 0 Å². The quantitative estimate of drug-likeness (QED) is 0.243. The summed E-state index contributed by atoms with van der Waals surface area (Å²) in [7, 11) is -2.23. The van der Waals surface area contributed by atoms with Crippen molar-refractivity contribution in [1.29, 1.82) is 0 Å². The lowest BCUT2D eigenvalue weighted by Gasteiger charge is -2.20. The smallest absolute Gasteiger partial charge is 0.188 e. The van der Waals surface area contributed by atoms with Gasteiger partial charge in [0, 0.05) is 12.1 Å². The van der Waals surface area contributed by atoms with Crippen LogP contribution in [0.1, 0.15) is 35.0 Å². The lowest BCUT2D eigenvalue weighted by Crippen LogP contribution is -2.19. The number of rotatable bonds is 9. The molecule has 5 nitrogen and oxygen atoms in total. The van der Waals surface area contributed by atoms with E-state index in [1.54, 1.807) is 12.1 Å². The fourth-order valence-corrected chi connectivity index (χ4v) is 3.79. The molecule has 0 aromatic heterocycles. The van der Waals surface area contributed by atoms with Crippen molar-refractivity contribution in [2.75, 3.05) is 6.61 Å². The summed E-state index contributed by atoms with van der Waals surface area (Å²) in [6, 6.07) is 24.6. The third-order valence-corrected chi connectivity index (χ3v) is 5.63. The van der Waals surface area contributed by atoms with E-state index in [4.69, 9.17) is 4.74 Å². The van der Waals surface area contributed by atoms with Crippen LogP contribution in [-0.4, -0.2) is 22.2 Å². The van der Waals surface area contributed by atoms with Gasteiger partial charge in [0.1, 0.15) is 18.1 Å². The molecule has 1 atom stereocenters. The molecule has 0 aliphatic rings. The number of ketones is 1. The molecular formula is C27H26NO4P. The van der Waals surface area contributed by atoms with Gasteiger partial charge in [0.05, 0.1) is 0 Å². The van der Waals surface area contributed by atoms with Crippen molar-refractivity contribution < 1.29 is 19.3 Å². The summed E-state index contributed by atoms with van der Waals surface area (Å²) in [5.74, 6) is 6.04. The van der Waals surface area contributed by atoms with Gasteiger partial charge in [-0.15, -0.1) is 0 Å². The standard InChI is InChI=1S/C27H26NO4P/c1-21(29)15-16-23-11-5-10-22(18-23)12-7-17-32-26-14-6-13-25(19-26)27(33(30)31)28-20-24-8-3-2-4-9-24/h2-6,8-11,13-16,18-19,27-28,30-31H,17,20H2,1H3/b16-15-. The summed E-state index contributed by atoms with van der Waals surface area (Å²) in [6.45, 7) is 2.21. The van der Waals surface area contributed by atoms with Gasteiger partial charge in [0.25, 0.3) is 0 Å². The minimum atomic E-state index is -2.23. The van der Waals surface area contributed by atoms with Crippen LogP contribution in [0.2, 0.25) is 0 Å². The predicted molar refractivity (Wildman–Crippen MR) is 132 cm³/mol. The van der Waals surface area contributed by atoms with E-state index in [1.165, 1.54) is 13.0 Å². The molecule has 3 aromatic carbocycles. The first-order valence-electron chi connectivity index (χ1n) is 10.5. The Morgan fingerprint density at radius 3 is 2.61 bits per heavy atom. The van der Waals surface area contributed by atoms with Crippen LogP contribution in [0.3, 0.4) is 0 Å². The predicted octanol–water partition coefficient (Wildman–Crippen LogP) is 4.80. The molecule has 0 fully saturated rings. The van der Waals surface area contributed by atoms with Crippen molar-refractivity contribution in [3.8, 4) is 17.6 Å². The van der Waals surface area contributed by atoms with Gasteiger partial charge >= 0.3 is 0 Å². The van der Waals surface area contributed by atoms with Gasteiger partial charge in [-0.1, -0.05) is 72.5 Å². The van der Waals surface area contributed by atoms with E-state index < -0.39 is 14.2 Å². The van der Waals surface area contributed by atoms with E-state index in [9.17, 15) is 14.6 Å². The van der Waals surface area contributed by atoms with E-state index in [0.717, 1.165) is 22.3 Å². The molecule has 1 unspecified atom stereocenters. The molecule has 3 N–H and O–H groups in total. The minimum absolute atomic E-state index is 0.00502. The Labute approximate surface area is 195 Å². The van der Waals surface area contributed by atoms with E-state index >= 15 is 0 Å². The maximum atomic E-state index is 11.1. The lowest BCUT2D eigenvalue weighted by molar-refractivity contribution is -0.112. The first-order chi connectivity index (χ1) is 16.0. The Morgan fingerprint density at radius 1 is 1.06 bits per heavy atom. The van der Waals surface area contributed by atoms with Crippen LogP contribution in [0.15, 0.2) is 84.9 Å². The summed E-state index contributed by atoms with van der Waals surface area (Å²) >= 11 is 0. The number of benzene rings is 3. The van der Waals surface area contributed by atoms with E-state index in [2.05, 4.69) is 17.2 Å². The number of hydrogen-bond acceptors (Lipinski definition) is 5. The van der Waals surface area contributed by atoms with Crippen molar-refractivity contribution in [1.82, 2.24) is 5.32 Å². The Kier molecular flexibility index (Phi) is 9.38. The molecule has 0 aliphatic heterocycles.